The minimum atomic E-state index is -1.42. The molecule has 0 fully saturated rings. The van der Waals surface area contributed by atoms with Crippen molar-refractivity contribution in [2.24, 2.45) is 0 Å². The zero-order chi connectivity index (χ0) is 13.7. The van der Waals surface area contributed by atoms with Crippen molar-refractivity contribution in [2.45, 2.75) is 6.92 Å². The Hall–Kier alpha value is -2.44. The molecule has 0 radical (unpaired) electrons. The summed E-state index contributed by atoms with van der Waals surface area (Å²) in [7, 11) is 0. The molecule has 0 saturated carbocycles. The number of esters is 1. The Kier molecular flexibility index (Phi) is 4.36. The maximum Gasteiger partial charge on any atom is 0.397 e. The lowest BCUT2D eigenvalue weighted by atomic mass is 10.1. The van der Waals surface area contributed by atoms with Crippen molar-refractivity contribution in [3.8, 4) is 0 Å². The van der Waals surface area contributed by atoms with Crippen LogP contribution in [0, 0.1) is 5.82 Å². The number of rotatable bonds is 3. The highest BCUT2D eigenvalue weighted by atomic mass is 19.1. The molecule has 96 valence electrons. The molecule has 0 aliphatic carbocycles. The summed E-state index contributed by atoms with van der Waals surface area (Å²) in [4.78, 5) is 33.1. The number of hydrogen-bond acceptors (Lipinski definition) is 4. The summed E-state index contributed by atoms with van der Waals surface area (Å²) in [5, 5.41) is 10.7. The molecule has 7 heteroatoms. The van der Waals surface area contributed by atoms with Crippen LogP contribution in [0.5, 0.6) is 0 Å². The van der Waals surface area contributed by atoms with Crippen molar-refractivity contribution in [2.75, 3.05) is 11.9 Å². The molecule has 0 aliphatic rings. The number of nitrogens with one attached hydrogen (secondary N) is 1. The quantitative estimate of drug-likeness (QED) is 0.621. The predicted molar refractivity (Wildman–Crippen MR) is 58.6 cm³/mol. The summed E-state index contributed by atoms with van der Waals surface area (Å²) in [5.74, 6) is -4.82. The summed E-state index contributed by atoms with van der Waals surface area (Å²) in [6, 6.07) is 3.25. The average Bonchev–Trinajstić information content (AvgIpc) is 2.31. The number of hydrogen-bond donors (Lipinski definition) is 2. The molecule has 1 amide bonds. The van der Waals surface area contributed by atoms with Crippen molar-refractivity contribution in [1.82, 2.24) is 0 Å². The normalized spacial score (nSPS) is 9.67. The van der Waals surface area contributed by atoms with Crippen LogP contribution in [-0.2, 0) is 14.3 Å². The largest absolute Gasteiger partial charge is 0.478 e. The fourth-order valence-corrected chi connectivity index (χ4v) is 1.19. The van der Waals surface area contributed by atoms with Crippen LogP contribution < -0.4 is 5.32 Å². The topological polar surface area (TPSA) is 92.7 Å². The number of benzene rings is 1. The second-order valence-corrected chi connectivity index (χ2v) is 3.14. The van der Waals surface area contributed by atoms with E-state index in [1.54, 1.807) is 0 Å². The fourth-order valence-electron chi connectivity index (χ4n) is 1.19. The van der Waals surface area contributed by atoms with E-state index in [2.05, 4.69) is 4.74 Å². The van der Waals surface area contributed by atoms with E-state index in [9.17, 15) is 18.8 Å². The molecule has 0 aromatic heterocycles. The number of amides is 1. The summed E-state index contributed by atoms with van der Waals surface area (Å²) in [6.45, 7) is 1.48. The van der Waals surface area contributed by atoms with E-state index in [4.69, 9.17) is 5.11 Å². The van der Waals surface area contributed by atoms with E-state index in [-0.39, 0.29) is 6.61 Å². The van der Waals surface area contributed by atoms with E-state index >= 15 is 0 Å². The predicted octanol–water partition coefficient (Wildman–Crippen LogP) is 1.03. The van der Waals surface area contributed by atoms with Crippen LogP contribution >= 0.6 is 0 Å². The van der Waals surface area contributed by atoms with Gasteiger partial charge in [-0.05, 0) is 19.1 Å². The number of para-hydroxylation sites is 1. The van der Waals surface area contributed by atoms with Crippen molar-refractivity contribution in [3.05, 3.63) is 29.6 Å². The number of carboxylic acids is 1. The van der Waals surface area contributed by atoms with Crippen molar-refractivity contribution in [3.63, 3.8) is 0 Å². The van der Waals surface area contributed by atoms with Crippen molar-refractivity contribution in [1.29, 1.82) is 0 Å². The van der Waals surface area contributed by atoms with Gasteiger partial charge in [-0.1, -0.05) is 6.07 Å². The first-order valence-electron chi connectivity index (χ1n) is 4.97. The molecule has 1 aromatic rings. The average molecular weight is 255 g/mol. The Morgan fingerprint density at radius 3 is 2.61 bits per heavy atom. The maximum atomic E-state index is 13.4. The zero-order valence-corrected chi connectivity index (χ0v) is 9.40. The highest BCUT2D eigenvalue weighted by Gasteiger charge is 2.21. The van der Waals surface area contributed by atoms with E-state index in [1.165, 1.54) is 13.0 Å². The van der Waals surface area contributed by atoms with E-state index < -0.39 is 34.9 Å². The highest BCUT2D eigenvalue weighted by Crippen LogP contribution is 2.19. The molecule has 0 bridgehead atoms. The van der Waals surface area contributed by atoms with Gasteiger partial charge in [-0.2, -0.15) is 0 Å². The first-order valence-corrected chi connectivity index (χ1v) is 4.97. The maximum absolute atomic E-state index is 13.4. The molecule has 1 aromatic carbocycles. The number of halogens is 1. The Bertz CT molecular complexity index is 500. The van der Waals surface area contributed by atoms with Gasteiger partial charge in [0.2, 0.25) is 0 Å². The van der Waals surface area contributed by atoms with Crippen LogP contribution in [0.2, 0.25) is 0 Å². The summed E-state index contributed by atoms with van der Waals surface area (Å²) >= 11 is 0. The van der Waals surface area contributed by atoms with Gasteiger partial charge < -0.3 is 15.2 Å². The molecule has 0 unspecified atom stereocenters. The van der Waals surface area contributed by atoms with Gasteiger partial charge in [0.25, 0.3) is 0 Å². The lowest BCUT2D eigenvalue weighted by Crippen LogP contribution is -2.26. The molecule has 0 heterocycles. The molecule has 0 saturated heterocycles. The van der Waals surface area contributed by atoms with Gasteiger partial charge in [0, 0.05) is 0 Å². The van der Waals surface area contributed by atoms with E-state index in [1.807, 2.05) is 5.32 Å². The van der Waals surface area contributed by atoms with Crippen LogP contribution in [0.3, 0.4) is 0 Å². The second kappa shape index (κ2) is 5.76. The number of carbonyl (C=O) groups is 3. The zero-order valence-electron chi connectivity index (χ0n) is 9.40. The standard InChI is InChI=1S/C11H10FNO5/c1-2-18-11(17)9(14)13-8-6(10(15)16)4-3-5-7(8)12/h3-5H,2H2,1H3,(H,13,14)(H,15,16). The monoisotopic (exact) mass is 255 g/mol. The summed E-state index contributed by atoms with van der Waals surface area (Å²) < 4.78 is 17.8. The third kappa shape index (κ3) is 3.03. The molecule has 1 rings (SSSR count). The lowest BCUT2D eigenvalue weighted by molar-refractivity contribution is -0.152. The minimum Gasteiger partial charge on any atom is -0.478 e. The SMILES string of the molecule is CCOC(=O)C(=O)Nc1c(F)cccc1C(=O)O. The van der Waals surface area contributed by atoms with E-state index in [0.29, 0.717) is 0 Å². The van der Waals surface area contributed by atoms with Crippen LogP contribution in [0.4, 0.5) is 10.1 Å². The minimum absolute atomic E-state index is 0.0185. The Morgan fingerprint density at radius 1 is 1.39 bits per heavy atom. The molecule has 2 N–H and O–H groups in total. The number of ether oxygens (including phenoxy) is 1. The van der Waals surface area contributed by atoms with Gasteiger partial charge in [0.15, 0.2) is 0 Å². The second-order valence-electron chi connectivity index (χ2n) is 3.14. The van der Waals surface area contributed by atoms with Crippen LogP contribution in [0.25, 0.3) is 0 Å². The molecule has 6 nitrogen and oxygen atoms in total. The molecule has 18 heavy (non-hydrogen) atoms. The molecular formula is C11H10FNO5. The first kappa shape index (κ1) is 13.6. The van der Waals surface area contributed by atoms with Crippen LogP contribution in [-0.4, -0.2) is 29.6 Å². The number of carbonyl (C=O) groups excluding carboxylic acids is 2. The van der Waals surface area contributed by atoms with Crippen LogP contribution in [0.15, 0.2) is 18.2 Å². The lowest BCUT2D eigenvalue weighted by Gasteiger charge is -2.08. The van der Waals surface area contributed by atoms with Gasteiger partial charge in [-0.15, -0.1) is 0 Å². The summed E-state index contributed by atoms with van der Waals surface area (Å²) in [6.07, 6.45) is 0. The van der Waals surface area contributed by atoms with Crippen LogP contribution in [0.1, 0.15) is 17.3 Å². The number of carboxylic acid groups (broad SMARTS) is 1. The van der Waals surface area contributed by atoms with Crippen molar-refractivity contribution >= 4 is 23.5 Å². The molecular weight excluding hydrogens is 245 g/mol. The number of aromatic carboxylic acids is 1. The van der Waals surface area contributed by atoms with Gasteiger partial charge in [0.1, 0.15) is 5.82 Å². The molecule has 0 atom stereocenters. The Morgan fingerprint density at radius 2 is 2.06 bits per heavy atom. The molecule has 0 aliphatic heterocycles. The van der Waals surface area contributed by atoms with Gasteiger partial charge in [-0.25, -0.2) is 14.0 Å². The van der Waals surface area contributed by atoms with E-state index in [0.717, 1.165) is 12.1 Å². The van der Waals surface area contributed by atoms with Gasteiger partial charge in [-0.3, -0.25) is 4.79 Å². The summed E-state index contributed by atoms with van der Waals surface area (Å²) in [5.41, 5.74) is -1.02. The Balaban J connectivity index is 3.00. The fraction of sp³-hybridized carbons (Fsp3) is 0.182. The molecule has 0 spiro atoms. The Labute approximate surface area is 101 Å². The van der Waals surface area contributed by atoms with Gasteiger partial charge >= 0.3 is 17.8 Å². The van der Waals surface area contributed by atoms with Gasteiger partial charge in [0.05, 0.1) is 17.9 Å². The highest BCUT2D eigenvalue weighted by molar-refractivity contribution is 6.37. The number of anilines is 1. The third-order valence-electron chi connectivity index (χ3n) is 1.94. The smallest absolute Gasteiger partial charge is 0.397 e. The third-order valence-corrected chi connectivity index (χ3v) is 1.94. The van der Waals surface area contributed by atoms with Crippen molar-refractivity contribution < 1.29 is 28.6 Å². The first-order chi connectivity index (χ1) is 8.47.